The van der Waals surface area contributed by atoms with E-state index in [4.69, 9.17) is 16.4 Å². The van der Waals surface area contributed by atoms with Crippen LogP contribution in [0.5, 0.6) is 0 Å². The van der Waals surface area contributed by atoms with Crippen LogP contribution in [0.15, 0.2) is 36.4 Å². The summed E-state index contributed by atoms with van der Waals surface area (Å²) in [5, 5.41) is 8.14. The van der Waals surface area contributed by atoms with Crippen LogP contribution in [0.25, 0.3) is 10.9 Å². The minimum Gasteiger partial charge on any atom is -0.372 e. The third-order valence-corrected chi connectivity index (χ3v) is 7.20. The Kier molecular flexibility index (Phi) is 10.3. The standard InChI is InChI=1S/C18H20FN3O2.C8H9ClFN.CH3NO/c1-11-15-8-13(19)5-6-17(15)21(20-11)9-18(24)22-14(10-23)7-12-3-2-4-16(12)22;1-11-5-6-3-2-4-7(9)8(6)10;2-1-3/h5-6,8,10,12,14,16H,2-4,7,9H2,1H3;2-4,11H,5H2,1H3;1H,(H2,2,3). The van der Waals surface area contributed by atoms with Crippen molar-refractivity contribution in [1.29, 1.82) is 0 Å². The number of hydrogen-bond acceptors (Lipinski definition) is 5. The SMILES string of the molecule is CNCc1cccc(Cl)c1F.Cc1nn(CC(=O)N2C(C=O)CC3CCCC32)c2ccc(F)cc12.NC=O. The van der Waals surface area contributed by atoms with Crippen molar-refractivity contribution in [2.75, 3.05) is 7.05 Å². The number of amides is 2. The van der Waals surface area contributed by atoms with Crippen molar-refractivity contribution in [1.82, 2.24) is 20.0 Å². The maximum atomic E-state index is 13.4. The molecule has 2 aromatic carbocycles. The van der Waals surface area contributed by atoms with Crippen LogP contribution in [0.4, 0.5) is 8.78 Å². The van der Waals surface area contributed by atoms with Crippen molar-refractivity contribution in [2.24, 2.45) is 11.7 Å². The van der Waals surface area contributed by atoms with Crippen molar-refractivity contribution in [3.05, 3.63) is 64.3 Å². The molecule has 5 rings (SSSR count). The maximum absolute atomic E-state index is 13.4. The van der Waals surface area contributed by atoms with Gasteiger partial charge in [0.2, 0.25) is 12.3 Å². The summed E-state index contributed by atoms with van der Waals surface area (Å²) in [5.74, 6) is -0.265. The Labute approximate surface area is 225 Å². The summed E-state index contributed by atoms with van der Waals surface area (Å²) >= 11 is 5.55. The van der Waals surface area contributed by atoms with E-state index in [2.05, 4.69) is 16.1 Å². The van der Waals surface area contributed by atoms with Gasteiger partial charge >= 0.3 is 0 Å². The van der Waals surface area contributed by atoms with Crippen LogP contribution in [0, 0.1) is 24.5 Å². The van der Waals surface area contributed by atoms with Crippen molar-refractivity contribution >= 4 is 41.1 Å². The van der Waals surface area contributed by atoms with Crippen molar-refractivity contribution in [3.63, 3.8) is 0 Å². The molecule has 1 saturated carbocycles. The van der Waals surface area contributed by atoms with Gasteiger partial charge in [-0.15, -0.1) is 0 Å². The van der Waals surface area contributed by atoms with Crippen LogP contribution in [0.3, 0.4) is 0 Å². The number of carbonyl (C=O) groups excluding carboxylic acids is 3. The molecule has 38 heavy (non-hydrogen) atoms. The van der Waals surface area contributed by atoms with Crippen LogP contribution in [0.1, 0.15) is 36.9 Å². The van der Waals surface area contributed by atoms with Crippen LogP contribution < -0.4 is 11.1 Å². The molecule has 0 radical (unpaired) electrons. The lowest BCUT2D eigenvalue weighted by Crippen LogP contribution is -2.43. The van der Waals surface area contributed by atoms with E-state index in [9.17, 15) is 18.4 Å². The minimum atomic E-state index is -0.330. The van der Waals surface area contributed by atoms with Crippen LogP contribution in [-0.2, 0) is 27.5 Å². The van der Waals surface area contributed by atoms with E-state index in [0.717, 1.165) is 42.9 Å². The maximum Gasteiger partial charge on any atom is 0.245 e. The van der Waals surface area contributed by atoms with E-state index < -0.39 is 0 Å². The van der Waals surface area contributed by atoms with E-state index in [1.807, 2.05) is 0 Å². The largest absolute Gasteiger partial charge is 0.372 e. The Morgan fingerprint density at radius 1 is 1.24 bits per heavy atom. The molecule has 0 spiro atoms. The van der Waals surface area contributed by atoms with Gasteiger partial charge < -0.3 is 20.7 Å². The second-order valence-corrected chi connectivity index (χ2v) is 9.69. The molecule has 11 heteroatoms. The average Bonchev–Trinajstić information content (AvgIpc) is 3.56. The highest BCUT2D eigenvalue weighted by Crippen LogP contribution is 2.40. The number of primary amides is 1. The van der Waals surface area contributed by atoms with Gasteiger partial charge in [0.25, 0.3) is 0 Å². The summed E-state index contributed by atoms with van der Waals surface area (Å²) in [6, 6.07) is 9.32. The van der Waals surface area contributed by atoms with Crippen molar-refractivity contribution in [2.45, 2.75) is 57.8 Å². The molecule has 8 nitrogen and oxygen atoms in total. The highest BCUT2D eigenvalue weighted by atomic mass is 35.5. The van der Waals surface area contributed by atoms with Gasteiger partial charge in [-0.05, 0) is 63.4 Å². The number of rotatable bonds is 5. The Hall–Kier alpha value is -3.37. The first-order valence-electron chi connectivity index (χ1n) is 12.4. The number of aldehydes is 1. The monoisotopic (exact) mass is 547 g/mol. The van der Waals surface area contributed by atoms with E-state index in [0.29, 0.717) is 23.7 Å². The number of fused-ring (bicyclic) bond motifs is 2. The fourth-order valence-electron chi connectivity index (χ4n) is 5.34. The van der Waals surface area contributed by atoms with Gasteiger partial charge in [0.1, 0.15) is 24.5 Å². The molecule has 1 aliphatic heterocycles. The zero-order valence-electron chi connectivity index (χ0n) is 21.4. The summed E-state index contributed by atoms with van der Waals surface area (Å²) in [5.41, 5.74) is 6.21. The van der Waals surface area contributed by atoms with E-state index in [1.54, 1.807) is 41.8 Å². The molecule has 0 bridgehead atoms. The Morgan fingerprint density at radius 3 is 2.66 bits per heavy atom. The lowest BCUT2D eigenvalue weighted by atomic mass is 10.0. The Bertz CT molecular complexity index is 1290. The highest BCUT2D eigenvalue weighted by Gasteiger charge is 2.45. The van der Waals surface area contributed by atoms with Gasteiger partial charge in [0, 0.05) is 23.5 Å². The predicted molar refractivity (Wildman–Crippen MR) is 141 cm³/mol. The number of halogens is 3. The van der Waals surface area contributed by atoms with E-state index >= 15 is 0 Å². The molecule has 2 heterocycles. The van der Waals surface area contributed by atoms with Gasteiger partial charge in [-0.25, -0.2) is 8.78 Å². The quantitative estimate of drug-likeness (QED) is 0.473. The fourth-order valence-corrected chi connectivity index (χ4v) is 5.53. The lowest BCUT2D eigenvalue weighted by molar-refractivity contribution is -0.137. The van der Waals surface area contributed by atoms with Gasteiger partial charge in [0.05, 0.1) is 22.3 Å². The number of hydrogen-bond donors (Lipinski definition) is 2. The molecule has 1 saturated heterocycles. The molecule has 204 valence electrons. The summed E-state index contributed by atoms with van der Waals surface area (Å²) in [6.45, 7) is 2.40. The first kappa shape index (κ1) is 29.2. The van der Waals surface area contributed by atoms with E-state index in [1.165, 1.54) is 18.2 Å². The predicted octanol–water partition coefficient (Wildman–Crippen LogP) is 3.75. The Morgan fingerprint density at radius 2 is 1.97 bits per heavy atom. The third kappa shape index (κ3) is 6.54. The second kappa shape index (κ2) is 13.4. The van der Waals surface area contributed by atoms with Gasteiger partial charge in [-0.3, -0.25) is 14.3 Å². The third-order valence-electron chi connectivity index (χ3n) is 6.90. The minimum absolute atomic E-state index is 0.0739. The van der Waals surface area contributed by atoms with Gasteiger partial charge in [-0.2, -0.15) is 5.10 Å². The fraction of sp³-hybridized carbons (Fsp3) is 0.407. The lowest BCUT2D eigenvalue weighted by Gasteiger charge is -2.27. The normalized spacial score (nSPS) is 19.7. The average molecular weight is 548 g/mol. The number of nitrogens with two attached hydrogens (primary N) is 1. The summed E-state index contributed by atoms with van der Waals surface area (Å²) in [7, 11) is 1.76. The number of aryl methyl sites for hydroxylation is 1. The summed E-state index contributed by atoms with van der Waals surface area (Å²) in [6.07, 6.45) is 5.13. The molecular weight excluding hydrogens is 516 g/mol. The summed E-state index contributed by atoms with van der Waals surface area (Å²) in [4.78, 5) is 34.6. The molecule has 2 aliphatic rings. The van der Waals surface area contributed by atoms with Crippen LogP contribution in [-0.4, -0.2) is 52.4 Å². The second-order valence-electron chi connectivity index (χ2n) is 9.28. The first-order valence-corrected chi connectivity index (χ1v) is 12.7. The van der Waals surface area contributed by atoms with E-state index in [-0.39, 0.29) is 47.6 Å². The molecular formula is C27H32ClF2N5O3. The number of nitrogens with zero attached hydrogens (tertiary/aromatic N) is 3. The molecule has 1 aromatic heterocycles. The Balaban J connectivity index is 0.000000239. The molecule has 3 unspecified atom stereocenters. The number of aromatic nitrogens is 2. The van der Waals surface area contributed by atoms with Crippen molar-refractivity contribution < 1.29 is 23.2 Å². The zero-order valence-corrected chi connectivity index (χ0v) is 22.1. The van der Waals surface area contributed by atoms with Crippen molar-refractivity contribution in [3.8, 4) is 0 Å². The number of likely N-dealkylation sites (tertiary alicyclic amines) is 1. The number of carbonyl (C=O) groups is 3. The molecule has 3 atom stereocenters. The molecule has 2 amide bonds. The summed E-state index contributed by atoms with van der Waals surface area (Å²) < 4.78 is 28.1. The van der Waals surface area contributed by atoms with Crippen LogP contribution >= 0.6 is 11.6 Å². The van der Waals surface area contributed by atoms with Gasteiger partial charge in [0.15, 0.2) is 0 Å². The first-order chi connectivity index (χ1) is 18.2. The van der Waals surface area contributed by atoms with Crippen LogP contribution in [0.2, 0.25) is 5.02 Å². The van der Waals surface area contributed by atoms with Gasteiger partial charge in [-0.1, -0.05) is 30.2 Å². The highest BCUT2D eigenvalue weighted by molar-refractivity contribution is 6.30. The zero-order chi connectivity index (χ0) is 27.8. The number of benzene rings is 2. The molecule has 3 N–H and O–H groups in total. The molecule has 3 aromatic rings. The smallest absolute Gasteiger partial charge is 0.245 e. The molecule has 1 aliphatic carbocycles. The number of nitrogens with one attached hydrogen (secondary N) is 1. The molecule has 2 fully saturated rings. The topological polar surface area (TPSA) is 110 Å².